The van der Waals surface area contributed by atoms with Crippen molar-refractivity contribution in [1.82, 2.24) is 4.98 Å². The van der Waals surface area contributed by atoms with Gasteiger partial charge in [-0.05, 0) is 109 Å². The van der Waals surface area contributed by atoms with Gasteiger partial charge in [0, 0.05) is 16.8 Å². The fourth-order valence-corrected chi connectivity index (χ4v) is 7.33. The first-order chi connectivity index (χ1) is 23.8. The van der Waals surface area contributed by atoms with Crippen molar-refractivity contribution in [2.24, 2.45) is 0 Å². The van der Waals surface area contributed by atoms with E-state index in [4.69, 9.17) is 9.40 Å². The molecule has 3 nitrogen and oxygen atoms in total. The summed E-state index contributed by atoms with van der Waals surface area (Å²) in [4.78, 5) is 7.51. The van der Waals surface area contributed by atoms with Gasteiger partial charge in [0.05, 0.1) is 0 Å². The van der Waals surface area contributed by atoms with Gasteiger partial charge in [-0.25, -0.2) is 4.98 Å². The van der Waals surface area contributed by atoms with Gasteiger partial charge in [0.2, 0.25) is 0 Å². The molecule has 0 N–H and O–H groups in total. The summed E-state index contributed by atoms with van der Waals surface area (Å²) in [7, 11) is 0. The third kappa shape index (κ3) is 4.18. The van der Waals surface area contributed by atoms with Crippen LogP contribution in [0.15, 0.2) is 174 Å². The number of hydrogen-bond acceptors (Lipinski definition) is 3. The van der Waals surface area contributed by atoms with Crippen molar-refractivity contribution >= 4 is 82.4 Å². The highest BCUT2D eigenvalue weighted by Crippen LogP contribution is 2.41. The number of hydrogen-bond donors (Lipinski definition) is 0. The zero-order valence-electron chi connectivity index (χ0n) is 26.0. The Morgan fingerprint density at radius 3 is 1.71 bits per heavy atom. The minimum Gasteiger partial charge on any atom is -0.454 e. The molecule has 3 heteroatoms. The van der Waals surface area contributed by atoms with Gasteiger partial charge in [0.1, 0.15) is 16.9 Å². The van der Waals surface area contributed by atoms with Gasteiger partial charge in [-0.1, -0.05) is 115 Å². The van der Waals surface area contributed by atoms with Crippen LogP contribution in [0.1, 0.15) is 0 Å². The lowest BCUT2D eigenvalue weighted by Crippen LogP contribution is -2.11. The Labute approximate surface area is 276 Å². The third-order valence-electron chi connectivity index (χ3n) is 9.63. The molecule has 0 atom stereocenters. The average Bonchev–Trinajstić information content (AvgIpc) is 3.53. The third-order valence-corrected chi connectivity index (χ3v) is 9.63. The Bertz CT molecular complexity index is 2810. The second-order valence-electron chi connectivity index (χ2n) is 12.4. The van der Waals surface area contributed by atoms with Gasteiger partial charge in [-0.3, -0.25) is 4.90 Å². The van der Waals surface area contributed by atoms with E-state index in [1.54, 1.807) is 0 Å². The van der Waals surface area contributed by atoms with E-state index in [-0.39, 0.29) is 0 Å². The van der Waals surface area contributed by atoms with Crippen LogP contribution in [0.4, 0.5) is 17.2 Å². The van der Waals surface area contributed by atoms with Gasteiger partial charge >= 0.3 is 0 Å². The molecule has 10 rings (SSSR count). The molecule has 2 aromatic heterocycles. The molecule has 224 valence electrons. The predicted molar refractivity (Wildman–Crippen MR) is 202 cm³/mol. The van der Waals surface area contributed by atoms with E-state index in [0.717, 1.165) is 39.3 Å². The average molecular weight is 613 g/mol. The van der Waals surface area contributed by atoms with Crippen molar-refractivity contribution in [2.45, 2.75) is 0 Å². The Morgan fingerprint density at radius 1 is 0.375 bits per heavy atom. The van der Waals surface area contributed by atoms with Crippen LogP contribution in [0.25, 0.3) is 76.3 Å². The number of pyridine rings is 1. The summed E-state index contributed by atoms with van der Waals surface area (Å²) >= 11 is 0. The number of anilines is 3. The van der Waals surface area contributed by atoms with E-state index >= 15 is 0 Å². The molecule has 2 heterocycles. The molecule has 0 fully saturated rings. The largest absolute Gasteiger partial charge is 0.454 e. The first-order valence-electron chi connectivity index (χ1n) is 16.3. The number of furan rings is 1. The maximum absolute atomic E-state index is 6.16. The molecule has 0 aliphatic carbocycles. The Hall–Kier alpha value is -6.45. The van der Waals surface area contributed by atoms with Gasteiger partial charge in [0.15, 0.2) is 5.58 Å². The van der Waals surface area contributed by atoms with Gasteiger partial charge < -0.3 is 4.42 Å². The smallest absolute Gasteiger partial charge is 0.154 e. The summed E-state index contributed by atoms with van der Waals surface area (Å²) in [6.07, 6.45) is 0. The molecule has 48 heavy (non-hydrogen) atoms. The van der Waals surface area contributed by atoms with Crippen LogP contribution in [0.2, 0.25) is 0 Å². The highest BCUT2D eigenvalue weighted by atomic mass is 16.3. The Balaban J connectivity index is 1.18. The van der Waals surface area contributed by atoms with E-state index in [0.29, 0.717) is 0 Å². The first kappa shape index (κ1) is 26.7. The number of nitrogens with zero attached hydrogens (tertiary/aromatic N) is 2. The van der Waals surface area contributed by atoms with Crippen LogP contribution in [-0.2, 0) is 0 Å². The fraction of sp³-hybridized carbons (Fsp3) is 0. The zero-order chi connectivity index (χ0) is 31.6. The molecular formula is C45H28N2O. The lowest BCUT2D eigenvalue weighted by atomic mass is 9.94. The molecule has 0 saturated heterocycles. The molecule has 0 radical (unpaired) electrons. The highest BCUT2D eigenvalue weighted by Gasteiger charge is 2.19. The molecule has 0 saturated carbocycles. The maximum atomic E-state index is 6.16. The van der Waals surface area contributed by atoms with Crippen LogP contribution in [0.3, 0.4) is 0 Å². The molecular weight excluding hydrogens is 585 g/mol. The summed E-state index contributed by atoms with van der Waals surface area (Å²) in [6.45, 7) is 0. The summed E-state index contributed by atoms with van der Waals surface area (Å²) in [5, 5.41) is 11.0. The van der Waals surface area contributed by atoms with Crippen molar-refractivity contribution in [2.75, 3.05) is 4.90 Å². The van der Waals surface area contributed by atoms with Crippen LogP contribution >= 0.6 is 0 Å². The van der Waals surface area contributed by atoms with Crippen LogP contribution in [-0.4, -0.2) is 4.98 Å². The van der Waals surface area contributed by atoms with Crippen LogP contribution in [0, 0.1) is 0 Å². The van der Waals surface area contributed by atoms with Crippen molar-refractivity contribution in [3.05, 3.63) is 170 Å². The SMILES string of the molecule is c1ccc2cc(-c3ccc(N(c4ccc5c6ccccc6c6ccccc6c5c4)c4ccc5oc6ccccc6c5n4)cc3)ccc2c1. The van der Waals surface area contributed by atoms with E-state index in [9.17, 15) is 0 Å². The summed E-state index contributed by atoms with van der Waals surface area (Å²) in [5.41, 5.74) is 6.92. The van der Waals surface area contributed by atoms with E-state index < -0.39 is 0 Å². The number of aromatic nitrogens is 1. The molecule has 8 aromatic carbocycles. The van der Waals surface area contributed by atoms with E-state index in [2.05, 4.69) is 150 Å². The normalized spacial score (nSPS) is 11.8. The lowest BCUT2D eigenvalue weighted by Gasteiger charge is -2.25. The standard InChI is InChI=1S/C45H28N2O/c1-2-10-31-27-32(18-17-29(31)9-1)30-19-21-33(22-20-30)47(44-26-25-43-45(46-44)40-15-7-8-16-42(40)48-43)34-23-24-39-37-13-4-3-11-35(37)36-12-5-6-14-38(36)41(39)28-34/h1-28H. The quantitative estimate of drug-likeness (QED) is 0.185. The fourth-order valence-electron chi connectivity index (χ4n) is 7.33. The highest BCUT2D eigenvalue weighted by molar-refractivity contribution is 6.25. The van der Waals surface area contributed by atoms with E-state index in [1.165, 1.54) is 54.2 Å². The summed E-state index contributed by atoms with van der Waals surface area (Å²) in [5.74, 6) is 0.831. The molecule has 0 aliphatic heterocycles. The number of fused-ring (bicyclic) bond motifs is 10. The van der Waals surface area contributed by atoms with Crippen molar-refractivity contribution < 1.29 is 4.42 Å². The summed E-state index contributed by atoms with van der Waals surface area (Å²) < 4.78 is 6.16. The van der Waals surface area contributed by atoms with Gasteiger partial charge in [0.25, 0.3) is 0 Å². The first-order valence-corrected chi connectivity index (χ1v) is 16.3. The number of rotatable bonds is 4. The molecule has 0 amide bonds. The predicted octanol–water partition coefficient (Wildman–Crippen LogP) is 12.7. The van der Waals surface area contributed by atoms with Crippen LogP contribution in [0.5, 0.6) is 0 Å². The molecule has 10 aromatic rings. The van der Waals surface area contributed by atoms with Crippen molar-refractivity contribution in [1.29, 1.82) is 0 Å². The van der Waals surface area contributed by atoms with Crippen molar-refractivity contribution in [3.8, 4) is 11.1 Å². The van der Waals surface area contributed by atoms with Gasteiger partial charge in [-0.15, -0.1) is 0 Å². The minimum atomic E-state index is 0.780. The zero-order valence-corrected chi connectivity index (χ0v) is 26.0. The number of para-hydroxylation sites is 1. The Kier molecular flexibility index (Phi) is 5.87. The minimum absolute atomic E-state index is 0.780. The molecule has 0 bridgehead atoms. The topological polar surface area (TPSA) is 29.3 Å². The van der Waals surface area contributed by atoms with E-state index in [1.807, 2.05) is 24.3 Å². The van der Waals surface area contributed by atoms with Gasteiger partial charge in [-0.2, -0.15) is 0 Å². The number of benzene rings is 8. The second kappa shape index (κ2) is 10.5. The summed E-state index contributed by atoms with van der Waals surface area (Å²) in [6, 6.07) is 60.4. The molecule has 0 spiro atoms. The van der Waals surface area contributed by atoms with Crippen molar-refractivity contribution in [3.63, 3.8) is 0 Å². The molecule has 0 aliphatic rings. The monoisotopic (exact) mass is 612 g/mol. The maximum Gasteiger partial charge on any atom is 0.154 e. The molecule has 0 unspecified atom stereocenters. The Morgan fingerprint density at radius 2 is 0.958 bits per heavy atom. The second-order valence-corrected chi connectivity index (χ2v) is 12.4. The van der Waals surface area contributed by atoms with Crippen LogP contribution < -0.4 is 4.90 Å². The lowest BCUT2D eigenvalue weighted by molar-refractivity contribution is 0.668.